The van der Waals surface area contributed by atoms with Crippen molar-refractivity contribution in [3.8, 4) is 0 Å². The van der Waals surface area contributed by atoms with Crippen LogP contribution in [0.2, 0.25) is 0 Å². The maximum Gasteiger partial charge on any atom is 0.215 e. The largest absolute Gasteiger partial charge is 0.328 e. The minimum atomic E-state index is -3.24. The summed E-state index contributed by atoms with van der Waals surface area (Å²) in [6.07, 6.45) is 1.53. The highest BCUT2D eigenvalue weighted by molar-refractivity contribution is 7.88. The number of hydrogen-bond acceptors (Lipinski definition) is 3. The molecule has 4 nitrogen and oxygen atoms in total. The predicted octanol–water partition coefficient (Wildman–Crippen LogP) is 1.23. The van der Waals surface area contributed by atoms with Gasteiger partial charge in [0.1, 0.15) is 0 Å². The predicted molar refractivity (Wildman–Crippen MR) is 70.0 cm³/mol. The number of hydrogen-bond donors (Lipinski definition) is 2. The Kier molecular flexibility index (Phi) is 5.61. The second-order valence-electron chi connectivity index (χ2n) is 4.10. The molecule has 5 heteroatoms. The average molecular weight is 256 g/mol. The highest BCUT2D eigenvalue weighted by atomic mass is 32.2. The van der Waals surface area contributed by atoms with E-state index in [1.54, 1.807) is 12.1 Å². The quantitative estimate of drug-likeness (QED) is 0.771. The summed E-state index contributed by atoms with van der Waals surface area (Å²) < 4.78 is 26.0. The van der Waals surface area contributed by atoms with Gasteiger partial charge in [-0.2, -0.15) is 0 Å². The van der Waals surface area contributed by atoms with E-state index in [0.29, 0.717) is 13.0 Å². The third kappa shape index (κ3) is 5.81. The van der Waals surface area contributed by atoms with Gasteiger partial charge < -0.3 is 5.73 Å². The summed E-state index contributed by atoms with van der Waals surface area (Å²) in [5.74, 6) is 0.0230. The SMILES string of the molecule is CCC(N)CCNS(=O)(=O)Cc1ccccc1. The maximum absolute atomic E-state index is 11.7. The second-order valence-corrected chi connectivity index (χ2v) is 5.90. The number of benzene rings is 1. The van der Waals surface area contributed by atoms with Crippen LogP contribution in [0, 0.1) is 0 Å². The van der Waals surface area contributed by atoms with Gasteiger partial charge in [-0.05, 0) is 18.4 Å². The van der Waals surface area contributed by atoms with E-state index in [1.807, 2.05) is 25.1 Å². The summed E-state index contributed by atoms with van der Waals surface area (Å²) in [7, 11) is -3.24. The van der Waals surface area contributed by atoms with Crippen LogP contribution in [0.1, 0.15) is 25.3 Å². The lowest BCUT2D eigenvalue weighted by molar-refractivity contribution is 0.557. The highest BCUT2D eigenvalue weighted by Crippen LogP contribution is 2.04. The average Bonchev–Trinajstić information content (AvgIpc) is 2.29. The van der Waals surface area contributed by atoms with Crippen LogP contribution in [0.15, 0.2) is 30.3 Å². The molecule has 0 aliphatic rings. The van der Waals surface area contributed by atoms with Gasteiger partial charge in [0.15, 0.2) is 0 Å². The van der Waals surface area contributed by atoms with E-state index in [9.17, 15) is 8.42 Å². The minimum absolute atomic E-state index is 0.0230. The monoisotopic (exact) mass is 256 g/mol. The van der Waals surface area contributed by atoms with Gasteiger partial charge in [0.05, 0.1) is 5.75 Å². The lowest BCUT2D eigenvalue weighted by atomic mass is 10.2. The van der Waals surface area contributed by atoms with Gasteiger partial charge in [-0.15, -0.1) is 0 Å². The summed E-state index contributed by atoms with van der Waals surface area (Å²) in [4.78, 5) is 0. The van der Waals surface area contributed by atoms with Crippen molar-refractivity contribution in [1.29, 1.82) is 0 Å². The molecule has 96 valence electrons. The molecule has 0 aliphatic carbocycles. The molecule has 0 amide bonds. The van der Waals surface area contributed by atoms with Crippen LogP contribution < -0.4 is 10.5 Å². The Morgan fingerprint density at radius 3 is 2.53 bits per heavy atom. The molecule has 1 aromatic carbocycles. The second kappa shape index (κ2) is 6.74. The van der Waals surface area contributed by atoms with E-state index in [0.717, 1.165) is 12.0 Å². The molecule has 0 bridgehead atoms. The number of rotatable bonds is 7. The smallest absolute Gasteiger partial charge is 0.215 e. The highest BCUT2D eigenvalue weighted by Gasteiger charge is 2.11. The summed E-state index contributed by atoms with van der Waals surface area (Å²) in [5.41, 5.74) is 6.51. The van der Waals surface area contributed by atoms with Crippen molar-refractivity contribution in [2.45, 2.75) is 31.6 Å². The summed E-state index contributed by atoms with van der Waals surface area (Å²) in [6.45, 7) is 2.40. The molecule has 1 unspecified atom stereocenters. The van der Waals surface area contributed by atoms with Gasteiger partial charge >= 0.3 is 0 Å². The first-order chi connectivity index (χ1) is 8.03. The van der Waals surface area contributed by atoms with Gasteiger partial charge in [0, 0.05) is 12.6 Å². The maximum atomic E-state index is 11.7. The van der Waals surface area contributed by atoms with E-state index >= 15 is 0 Å². The van der Waals surface area contributed by atoms with Crippen LogP contribution in [-0.4, -0.2) is 21.0 Å². The van der Waals surface area contributed by atoms with Crippen molar-refractivity contribution in [2.75, 3.05) is 6.54 Å². The Morgan fingerprint density at radius 2 is 1.94 bits per heavy atom. The van der Waals surface area contributed by atoms with Crippen LogP contribution >= 0.6 is 0 Å². The van der Waals surface area contributed by atoms with Crippen molar-refractivity contribution in [3.63, 3.8) is 0 Å². The molecule has 0 saturated carbocycles. The molecule has 3 N–H and O–H groups in total. The molecule has 1 aromatic rings. The Morgan fingerprint density at radius 1 is 1.29 bits per heavy atom. The molecule has 0 aromatic heterocycles. The lowest BCUT2D eigenvalue weighted by Crippen LogP contribution is -2.30. The Labute approximate surface area is 103 Å². The van der Waals surface area contributed by atoms with E-state index in [1.165, 1.54) is 0 Å². The van der Waals surface area contributed by atoms with Crippen LogP contribution in [0.5, 0.6) is 0 Å². The molecule has 0 heterocycles. The van der Waals surface area contributed by atoms with E-state index in [-0.39, 0.29) is 11.8 Å². The Hall–Kier alpha value is -0.910. The first kappa shape index (κ1) is 14.2. The Balaban J connectivity index is 2.42. The zero-order valence-electron chi connectivity index (χ0n) is 10.1. The fraction of sp³-hybridized carbons (Fsp3) is 0.500. The molecule has 0 aliphatic heterocycles. The van der Waals surface area contributed by atoms with Gasteiger partial charge in [0.2, 0.25) is 10.0 Å². The molecule has 17 heavy (non-hydrogen) atoms. The summed E-state index contributed by atoms with van der Waals surface area (Å²) in [6, 6.07) is 9.20. The molecule has 0 fully saturated rings. The normalized spacial score (nSPS) is 13.5. The van der Waals surface area contributed by atoms with Crippen LogP contribution in [0.25, 0.3) is 0 Å². The molecular weight excluding hydrogens is 236 g/mol. The Bertz CT molecular complexity index is 417. The van der Waals surface area contributed by atoms with Crippen molar-refractivity contribution in [1.82, 2.24) is 4.72 Å². The molecule has 0 saturated heterocycles. The fourth-order valence-electron chi connectivity index (χ4n) is 1.45. The third-order valence-electron chi connectivity index (χ3n) is 2.56. The topological polar surface area (TPSA) is 72.2 Å². The lowest BCUT2D eigenvalue weighted by Gasteiger charge is -2.10. The zero-order chi connectivity index (χ0) is 12.7. The van der Waals surface area contributed by atoms with Crippen LogP contribution in [-0.2, 0) is 15.8 Å². The van der Waals surface area contributed by atoms with Crippen molar-refractivity contribution < 1.29 is 8.42 Å². The number of sulfonamides is 1. The van der Waals surface area contributed by atoms with Gasteiger partial charge in [-0.25, -0.2) is 13.1 Å². The molecule has 0 radical (unpaired) electrons. The standard InChI is InChI=1S/C12H20N2O2S/c1-2-12(13)8-9-14-17(15,16)10-11-6-4-3-5-7-11/h3-7,12,14H,2,8-10,13H2,1H3. The van der Waals surface area contributed by atoms with Gasteiger partial charge in [0.25, 0.3) is 0 Å². The van der Waals surface area contributed by atoms with Crippen molar-refractivity contribution >= 4 is 10.0 Å². The summed E-state index contributed by atoms with van der Waals surface area (Å²) >= 11 is 0. The van der Waals surface area contributed by atoms with E-state index in [4.69, 9.17) is 5.73 Å². The summed E-state index contributed by atoms with van der Waals surface area (Å²) in [5, 5.41) is 0. The fourth-order valence-corrected chi connectivity index (χ4v) is 2.61. The van der Waals surface area contributed by atoms with E-state index < -0.39 is 10.0 Å². The van der Waals surface area contributed by atoms with Crippen LogP contribution in [0.3, 0.4) is 0 Å². The number of nitrogens with two attached hydrogens (primary N) is 1. The minimum Gasteiger partial charge on any atom is -0.328 e. The number of nitrogens with one attached hydrogen (secondary N) is 1. The third-order valence-corrected chi connectivity index (χ3v) is 3.92. The molecular formula is C12H20N2O2S. The van der Waals surface area contributed by atoms with Gasteiger partial charge in [-0.3, -0.25) is 0 Å². The van der Waals surface area contributed by atoms with E-state index in [2.05, 4.69) is 4.72 Å². The first-order valence-electron chi connectivity index (χ1n) is 5.80. The van der Waals surface area contributed by atoms with Crippen molar-refractivity contribution in [2.24, 2.45) is 5.73 Å². The molecule has 0 spiro atoms. The van der Waals surface area contributed by atoms with Crippen LogP contribution in [0.4, 0.5) is 0 Å². The first-order valence-corrected chi connectivity index (χ1v) is 7.45. The van der Waals surface area contributed by atoms with Crippen molar-refractivity contribution in [3.05, 3.63) is 35.9 Å². The molecule has 1 atom stereocenters. The molecule has 1 rings (SSSR count). The zero-order valence-corrected chi connectivity index (χ0v) is 10.9. The van der Waals surface area contributed by atoms with Gasteiger partial charge in [-0.1, -0.05) is 37.3 Å².